The molecule has 1 aliphatic heterocycles. The zero-order valence-corrected chi connectivity index (χ0v) is 14.1. The van der Waals surface area contributed by atoms with Crippen LogP contribution in [0.1, 0.15) is 31.1 Å². The zero-order chi connectivity index (χ0) is 17.5. The number of fused-ring (bicyclic) bond motifs is 1. The number of aromatic hydroxyl groups is 1. The first kappa shape index (κ1) is 16.5. The minimum Gasteiger partial charge on any atom is -0.493 e. The first-order valence-corrected chi connectivity index (χ1v) is 7.81. The van der Waals surface area contributed by atoms with Crippen LogP contribution >= 0.6 is 12.2 Å². The molecule has 2 unspecified atom stereocenters. The predicted octanol–water partition coefficient (Wildman–Crippen LogP) is 2.07. The number of rotatable bonds is 3. The van der Waals surface area contributed by atoms with E-state index in [1.54, 1.807) is 38.1 Å². The van der Waals surface area contributed by atoms with Crippen molar-refractivity contribution in [2.24, 2.45) is 5.73 Å². The van der Waals surface area contributed by atoms with Crippen LogP contribution in [0.2, 0.25) is 0 Å². The van der Waals surface area contributed by atoms with Crippen molar-refractivity contribution in [3.8, 4) is 17.4 Å². The van der Waals surface area contributed by atoms with Crippen molar-refractivity contribution < 1.29 is 19.7 Å². The molecule has 2 aromatic rings. The molecule has 126 valence electrons. The molecule has 0 bridgehead atoms. The van der Waals surface area contributed by atoms with Gasteiger partial charge in [0, 0.05) is 23.4 Å². The fourth-order valence-corrected chi connectivity index (χ4v) is 2.77. The monoisotopic (exact) mass is 346 g/mol. The van der Waals surface area contributed by atoms with Crippen LogP contribution in [0.15, 0.2) is 36.5 Å². The number of aromatic nitrogens is 1. The van der Waals surface area contributed by atoms with Crippen LogP contribution in [0, 0.1) is 0 Å². The minimum absolute atomic E-state index is 0.162. The molecule has 0 saturated carbocycles. The van der Waals surface area contributed by atoms with Crippen molar-refractivity contribution in [2.45, 2.75) is 31.7 Å². The summed E-state index contributed by atoms with van der Waals surface area (Å²) in [5, 5.41) is 20.2. The molecule has 24 heavy (non-hydrogen) atoms. The minimum atomic E-state index is -0.943. The lowest BCUT2D eigenvalue weighted by Gasteiger charge is -2.41. The lowest BCUT2D eigenvalue weighted by atomic mass is 9.87. The average molecular weight is 346 g/mol. The highest BCUT2D eigenvalue weighted by atomic mass is 32.1. The maximum absolute atomic E-state index is 10.7. The number of benzene rings is 1. The van der Waals surface area contributed by atoms with Gasteiger partial charge in [-0.25, -0.2) is 4.98 Å². The molecule has 0 saturated heterocycles. The van der Waals surface area contributed by atoms with Crippen molar-refractivity contribution in [1.29, 1.82) is 0 Å². The van der Waals surface area contributed by atoms with E-state index in [0.29, 0.717) is 22.6 Å². The summed E-state index contributed by atoms with van der Waals surface area (Å²) in [5.41, 5.74) is 6.15. The smallest absolute Gasteiger partial charge is 0.214 e. The van der Waals surface area contributed by atoms with Gasteiger partial charge in [-0.15, -0.1) is 0 Å². The number of ether oxygens (including phenoxy) is 2. The molecule has 1 aromatic heterocycles. The van der Waals surface area contributed by atoms with E-state index in [0.717, 1.165) is 0 Å². The van der Waals surface area contributed by atoms with Gasteiger partial charge in [-0.3, -0.25) is 0 Å². The lowest BCUT2D eigenvalue weighted by Crippen LogP contribution is -2.50. The summed E-state index contributed by atoms with van der Waals surface area (Å²) in [6.45, 7) is 3.56. The third-order valence-corrected chi connectivity index (χ3v) is 4.19. The number of nitrogens with zero attached hydrogens (tertiary/aromatic N) is 1. The highest BCUT2D eigenvalue weighted by Gasteiger charge is 2.44. The quantitative estimate of drug-likeness (QED) is 0.732. The van der Waals surface area contributed by atoms with Gasteiger partial charge in [0.25, 0.3) is 0 Å². The second kappa shape index (κ2) is 5.92. The summed E-state index contributed by atoms with van der Waals surface area (Å²) in [5.74, 6) is 0.815. The van der Waals surface area contributed by atoms with E-state index in [4.69, 9.17) is 27.4 Å². The molecule has 4 N–H and O–H groups in total. The Balaban J connectivity index is 2.06. The first-order chi connectivity index (χ1) is 11.3. The van der Waals surface area contributed by atoms with E-state index in [1.807, 2.05) is 0 Å². The van der Waals surface area contributed by atoms with Gasteiger partial charge in [-0.05, 0) is 38.1 Å². The van der Waals surface area contributed by atoms with E-state index in [1.165, 1.54) is 12.3 Å². The molecule has 0 fully saturated rings. The number of pyridine rings is 1. The zero-order valence-electron chi connectivity index (χ0n) is 13.3. The number of thiocarbonyl (C=S) groups is 1. The number of hydrogen-bond acceptors (Lipinski definition) is 6. The molecular weight excluding hydrogens is 328 g/mol. The largest absolute Gasteiger partial charge is 0.493 e. The SMILES string of the molecule is CC1(C)Oc2ccc(C(N)=S)cc2C(Oc2ccnc(O)c2)C1O. The average Bonchev–Trinajstić information content (AvgIpc) is 2.51. The van der Waals surface area contributed by atoms with Gasteiger partial charge in [0.15, 0.2) is 6.10 Å². The van der Waals surface area contributed by atoms with Crippen molar-refractivity contribution in [1.82, 2.24) is 4.98 Å². The summed E-state index contributed by atoms with van der Waals surface area (Å²) in [6, 6.07) is 8.27. The molecule has 6 nitrogen and oxygen atoms in total. The Morgan fingerprint density at radius 1 is 1.33 bits per heavy atom. The highest BCUT2D eigenvalue weighted by molar-refractivity contribution is 7.80. The van der Waals surface area contributed by atoms with Crippen LogP contribution in [0.3, 0.4) is 0 Å². The van der Waals surface area contributed by atoms with Gasteiger partial charge in [0.2, 0.25) is 5.88 Å². The summed E-state index contributed by atoms with van der Waals surface area (Å²) in [6.07, 6.45) is -0.227. The van der Waals surface area contributed by atoms with Crippen LogP contribution in [0.4, 0.5) is 0 Å². The van der Waals surface area contributed by atoms with Gasteiger partial charge in [0.1, 0.15) is 28.2 Å². The molecule has 0 amide bonds. The topological polar surface area (TPSA) is 97.8 Å². The predicted molar refractivity (Wildman–Crippen MR) is 92.3 cm³/mol. The summed E-state index contributed by atoms with van der Waals surface area (Å²) in [7, 11) is 0. The van der Waals surface area contributed by atoms with E-state index in [9.17, 15) is 10.2 Å². The van der Waals surface area contributed by atoms with E-state index >= 15 is 0 Å². The molecule has 2 atom stereocenters. The molecule has 0 radical (unpaired) electrons. The van der Waals surface area contributed by atoms with E-state index in [-0.39, 0.29) is 10.9 Å². The number of nitrogens with two attached hydrogens (primary N) is 1. The normalized spacial score (nSPS) is 21.5. The Kier molecular flexibility index (Phi) is 4.06. The molecule has 1 aliphatic rings. The van der Waals surface area contributed by atoms with Crippen molar-refractivity contribution in [3.63, 3.8) is 0 Å². The molecule has 2 heterocycles. The second-order valence-electron chi connectivity index (χ2n) is 6.16. The highest BCUT2D eigenvalue weighted by Crippen LogP contribution is 2.42. The molecular formula is C17H18N2O4S. The third kappa shape index (κ3) is 3.00. The fraction of sp³-hybridized carbons (Fsp3) is 0.294. The molecule has 0 aliphatic carbocycles. The molecule has 3 rings (SSSR count). The molecule has 1 aromatic carbocycles. The van der Waals surface area contributed by atoms with Gasteiger partial charge in [0.05, 0.1) is 0 Å². The summed E-state index contributed by atoms with van der Waals surface area (Å²) in [4.78, 5) is 3.96. The number of hydrogen-bond donors (Lipinski definition) is 3. The summed E-state index contributed by atoms with van der Waals surface area (Å²) < 4.78 is 11.8. The standard InChI is InChI=1S/C17H18N2O4S/c1-17(2)15(21)14(22-10-5-6-19-13(20)8-10)11-7-9(16(18)24)3-4-12(11)23-17/h3-8,14-15,21H,1-2H3,(H2,18,24)(H,19,20). The molecule has 0 spiro atoms. The Labute approximate surface area is 144 Å². The van der Waals surface area contributed by atoms with Gasteiger partial charge in [-0.1, -0.05) is 12.2 Å². The van der Waals surface area contributed by atoms with Gasteiger partial charge < -0.3 is 25.4 Å². The van der Waals surface area contributed by atoms with Gasteiger partial charge in [-0.2, -0.15) is 0 Å². The maximum Gasteiger partial charge on any atom is 0.214 e. The van der Waals surface area contributed by atoms with Crippen LogP contribution in [-0.2, 0) is 0 Å². The number of aliphatic hydroxyl groups excluding tert-OH is 1. The lowest BCUT2D eigenvalue weighted by molar-refractivity contribution is -0.103. The van der Waals surface area contributed by atoms with Crippen LogP contribution < -0.4 is 15.2 Å². The Hall–Kier alpha value is -2.38. The van der Waals surface area contributed by atoms with Crippen molar-refractivity contribution in [3.05, 3.63) is 47.7 Å². The first-order valence-electron chi connectivity index (χ1n) is 7.40. The third-order valence-electron chi connectivity index (χ3n) is 3.95. The second-order valence-corrected chi connectivity index (χ2v) is 6.60. The maximum atomic E-state index is 10.7. The van der Waals surface area contributed by atoms with Crippen LogP contribution in [0.5, 0.6) is 17.4 Å². The number of aliphatic hydroxyl groups is 1. The van der Waals surface area contributed by atoms with Crippen molar-refractivity contribution in [2.75, 3.05) is 0 Å². The van der Waals surface area contributed by atoms with Crippen LogP contribution in [0.25, 0.3) is 0 Å². The van der Waals surface area contributed by atoms with E-state index < -0.39 is 17.8 Å². The van der Waals surface area contributed by atoms with Crippen molar-refractivity contribution >= 4 is 17.2 Å². The fourth-order valence-electron chi connectivity index (χ4n) is 2.64. The summed E-state index contributed by atoms with van der Waals surface area (Å²) >= 11 is 5.02. The Bertz CT molecular complexity index is 794. The van der Waals surface area contributed by atoms with Crippen LogP contribution in [-0.4, -0.2) is 31.9 Å². The van der Waals surface area contributed by atoms with Gasteiger partial charge >= 0.3 is 0 Å². The molecule has 7 heteroatoms. The Morgan fingerprint density at radius 3 is 2.75 bits per heavy atom. The Morgan fingerprint density at radius 2 is 2.08 bits per heavy atom. The van der Waals surface area contributed by atoms with E-state index in [2.05, 4.69) is 4.98 Å².